The summed E-state index contributed by atoms with van der Waals surface area (Å²) in [6, 6.07) is 20.6. The van der Waals surface area contributed by atoms with Crippen molar-refractivity contribution in [3.05, 3.63) is 77.0 Å². The molecule has 6 nitrogen and oxygen atoms in total. The summed E-state index contributed by atoms with van der Waals surface area (Å²) in [6.45, 7) is 3.66. The van der Waals surface area contributed by atoms with Crippen molar-refractivity contribution in [2.24, 2.45) is 13.0 Å². The summed E-state index contributed by atoms with van der Waals surface area (Å²) in [4.78, 5) is 5.29. The van der Waals surface area contributed by atoms with Gasteiger partial charge in [0.1, 0.15) is 5.69 Å². The molecule has 182 valence electrons. The lowest BCUT2D eigenvalue weighted by Gasteiger charge is -2.33. The Morgan fingerprint density at radius 2 is 1.72 bits per heavy atom. The van der Waals surface area contributed by atoms with E-state index >= 15 is 0 Å². The fourth-order valence-electron chi connectivity index (χ4n) is 6.53. The van der Waals surface area contributed by atoms with Crippen LogP contribution < -0.4 is 0 Å². The number of rotatable bonds is 4. The first-order valence-corrected chi connectivity index (χ1v) is 13.1. The van der Waals surface area contributed by atoms with Crippen molar-refractivity contribution < 1.29 is 4.74 Å². The summed E-state index contributed by atoms with van der Waals surface area (Å²) >= 11 is 0. The number of nitrogens with zero attached hydrogens (tertiary/aromatic N) is 5. The number of aryl methyl sites for hydroxylation is 4. The van der Waals surface area contributed by atoms with Crippen molar-refractivity contribution in [3.63, 3.8) is 0 Å². The van der Waals surface area contributed by atoms with Gasteiger partial charge in [0.15, 0.2) is 0 Å². The number of ether oxygens (including phenoxy) is 1. The lowest BCUT2D eigenvalue weighted by Crippen LogP contribution is -2.26. The van der Waals surface area contributed by atoms with Gasteiger partial charge in [-0.05, 0) is 85.9 Å². The molecule has 0 bridgehead atoms. The second kappa shape index (κ2) is 8.56. The molecule has 0 radical (unpaired) electrons. The third-order valence-corrected chi connectivity index (χ3v) is 8.23. The van der Waals surface area contributed by atoms with Crippen LogP contribution in [-0.4, -0.2) is 37.8 Å². The minimum absolute atomic E-state index is 0.238. The van der Waals surface area contributed by atoms with Crippen LogP contribution in [0.2, 0.25) is 0 Å². The van der Waals surface area contributed by atoms with Gasteiger partial charge in [0.2, 0.25) is 0 Å². The molecule has 1 saturated heterocycles. The van der Waals surface area contributed by atoms with E-state index in [2.05, 4.69) is 69.5 Å². The Morgan fingerprint density at radius 3 is 2.47 bits per heavy atom. The van der Waals surface area contributed by atoms with Crippen molar-refractivity contribution in [2.45, 2.75) is 45.1 Å². The minimum Gasteiger partial charge on any atom is -0.381 e. The molecule has 1 aliphatic heterocycles. The van der Waals surface area contributed by atoms with Crippen LogP contribution in [-0.2, 0) is 24.6 Å². The molecule has 2 aromatic carbocycles. The number of pyridine rings is 1. The summed E-state index contributed by atoms with van der Waals surface area (Å²) in [7, 11) is 1.94. The van der Waals surface area contributed by atoms with Crippen molar-refractivity contribution >= 4 is 21.9 Å². The predicted octanol–water partition coefficient (Wildman–Crippen LogP) is 5.80. The van der Waals surface area contributed by atoms with E-state index in [9.17, 15) is 0 Å². The van der Waals surface area contributed by atoms with Gasteiger partial charge in [-0.1, -0.05) is 35.5 Å². The number of benzene rings is 2. The maximum absolute atomic E-state index is 5.78. The van der Waals surface area contributed by atoms with Crippen LogP contribution in [0.4, 0.5) is 0 Å². The Hall–Kier alpha value is -3.51. The van der Waals surface area contributed by atoms with Gasteiger partial charge in [-0.2, -0.15) is 0 Å². The van der Waals surface area contributed by atoms with Gasteiger partial charge >= 0.3 is 0 Å². The Kier molecular flexibility index (Phi) is 5.17. The van der Waals surface area contributed by atoms with E-state index in [1.165, 1.54) is 46.0 Å². The van der Waals surface area contributed by atoms with Crippen LogP contribution in [0, 0.1) is 12.8 Å². The van der Waals surface area contributed by atoms with E-state index in [0.717, 1.165) is 55.1 Å². The third-order valence-electron chi connectivity index (χ3n) is 8.23. The number of hydrogen-bond donors (Lipinski definition) is 0. The molecule has 36 heavy (non-hydrogen) atoms. The van der Waals surface area contributed by atoms with E-state index in [-0.39, 0.29) is 6.04 Å². The van der Waals surface area contributed by atoms with Gasteiger partial charge in [0.25, 0.3) is 0 Å². The maximum atomic E-state index is 5.78. The zero-order valence-electron chi connectivity index (χ0n) is 20.9. The van der Waals surface area contributed by atoms with E-state index in [1.807, 2.05) is 18.7 Å². The highest BCUT2D eigenvalue weighted by Gasteiger charge is 2.31. The van der Waals surface area contributed by atoms with Crippen molar-refractivity contribution in [1.82, 2.24) is 24.5 Å². The smallest absolute Gasteiger partial charge is 0.110 e. The highest BCUT2D eigenvalue weighted by Crippen LogP contribution is 2.42. The predicted molar refractivity (Wildman–Crippen MR) is 142 cm³/mol. The maximum Gasteiger partial charge on any atom is 0.110 e. The van der Waals surface area contributed by atoms with Gasteiger partial charge in [0, 0.05) is 25.6 Å². The zero-order chi connectivity index (χ0) is 24.2. The van der Waals surface area contributed by atoms with Gasteiger partial charge in [-0.3, -0.25) is 0 Å². The molecule has 5 aromatic rings. The largest absolute Gasteiger partial charge is 0.381 e. The van der Waals surface area contributed by atoms with Gasteiger partial charge < -0.3 is 9.30 Å². The third kappa shape index (κ3) is 3.39. The number of hydrogen-bond acceptors (Lipinski definition) is 4. The molecule has 4 heterocycles. The lowest BCUT2D eigenvalue weighted by atomic mass is 9.86. The zero-order valence-corrected chi connectivity index (χ0v) is 20.9. The highest BCUT2D eigenvalue weighted by molar-refractivity contribution is 6.07. The molecule has 0 N–H and O–H groups in total. The average Bonchev–Trinajstić information content (AvgIpc) is 3.60. The quantitative estimate of drug-likeness (QED) is 0.328. The summed E-state index contributed by atoms with van der Waals surface area (Å²) in [5, 5.41) is 9.76. The Balaban J connectivity index is 1.53. The van der Waals surface area contributed by atoms with E-state index in [4.69, 9.17) is 9.72 Å². The second-order valence-electron chi connectivity index (χ2n) is 10.4. The Labute approximate surface area is 210 Å². The van der Waals surface area contributed by atoms with E-state index in [1.54, 1.807) is 0 Å². The van der Waals surface area contributed by atoms with Crippen LogP contribution in [0.3, 0.4) is 0 Å². The van der Waals surface area contributed by atoms with Crippen molar-refractivity contribution in [3.8, 4) is 11.4 Å². The van der Waals surface area contributed by atoms with Crippen LogP contribution in [0.1, 0.15) is 47.7 Å². The molecule has 0 spiro atoms. The summed E-state index contributed by atoms with van der Waals surface area (Å²) in [6.07, 6.45) is 5.69. The molecule has 0 amide bonds. The molecule has 2 aliphatic rings. The van der Waals surface area contributed by atoms with E-state index in [0.29, 0.717) is 5.92 Å². The Bertz CT molecular complexity index is 1560. The first-order chi connectivity index (χ1) is 17.7. The fourth-order valence-corrected chi connectivity index (χ4v) is 6.53. The topological polar surface area (TPSA) is 57.8 Å². The normalized spacial score (nSPS) is 17.2. The fraction of sp³-hybridized carbons (Fsp3) is 0.367. The second-order valence-corrected chi connectivity index (χ2v) is 10.4. The van der Waals surface area contributed by atoms with Gasteiger partial charge in [-0.15, -0.1) is 5.10 Å². The van der Waals surface area contributed by atoms with Crippen LogP contribution in [0.15, 0.2) is 54.6 Å². The van der Waals surface area contributed by atoms with Crippen LogP contribution in [0.5, 0.6) is 0 Å². The van der Waals surface area contributed by atoms with Gasteiger partial charge in [0.05, 0.1) is 34.0 Å². The summed E-state index contributed by atoms with van der Waals surface area (Å²) < 4.78 is 10.2. The van der Waals surface area contributed by atoms with Crippen molar-refractivity contribution in [2.75, 3.05) is 13.2 Å². The average molecular weight is 478 g/mol. The minimum atomic E-state index is 0.238. The monoisotopic (exact) mass is 477 g/mol. The molecular weight excluding hydrogens is 446 g/mol. The molecule has 1 fully saturated rings. The van der Waals surface area contributed by atoms with Crippen molar-refractivity contribution in [1.29, 1.82) is 0 Å². The summed E-state index contributed by atoms with van der Waals surface area (Å²) in [5.41, 5.74) is 10.7. The molecule has 7 rings (SSSR count). The Morgan fingerprint density at radius 1 is 0.944 bits per heavy atom. The molecular formula is C30H31N5O. The molecule has 1 atom stereocenters. The first-order valence-electron chi connectivity index (χ1n) is 13.1. The molecule has 1 unspecified atom stereocenters. The highest BCUT2D eigenvalue weighted by atomic mass is 16.5. The lowest BCUT2D eigenvalue weighted by molar-refractivity contribution is 0.0553. The number of aromatic nitrogens is 5. The SMILES string of the molecule is Cc1nnn(C)c1-c1ccc2c(n1)c1cc3c(cc1n2C(c1ccccc1)C1CCOCC1)CCC3. The molecule has 0 saturated carbocycles. The molecule has 3 aromatic heterocycles. The molecule has 6 heteroatoms. The van der Waals surface area contributed by atoms with E-state index < -0.39 is 0 Å². The summed E-state index contributed by atoms with van der Waals surface area (Å²) in [5.74, 6) is 0.511. The number of fused-ring (bicyclic) bond motifs is 4. The van der Waals surface area contributed by atoms with Gasteiger partial charge in [-0.25, -0.2) is 9.67 Å². The molecule has 1 aliphatic carbocycles. The van der Waals surface area contributed by atoms with Crippen LogP contribution in [0.25, 0.3) is 33.3 Å². The first kappa shape index (κ1) is 21.7. The van der Waals surface area contributed by atoms with Crippen LogP contribution >= 0.6 is 0 Å². The standard InChI is InChI=1S/C30H31N5O/c1-19-29(34(2)33-32-19)25-11-12-26-28(31-25)24-17-22-9-6-10-23(22)18-27(24)35(26)30(20-7-4-3-5-8-20)21-13-15-36-16-14-21/h3-5,7-8,11-12,17-18,21,30H,6,9-10,13-16H2,1-2H3.